The summed E-state index contributed by atoms with van der Waals surface area (Å²) in [6.07, 6.45) is 6.35. The Hall–Kier alpha value is -3.03. The van der Waals surface area contributed by atoms with Crippen LogP contribution in [0, 0.1) is 42.5 Å². The van der Waals surface area contributed by atoms with Gasteiger partial charge in [0.05, 0.1) is 0 Å². The van der Waals surface area contributed by atoms with Crippen molar-refractivity contribution in [1.82, 2.24) is 0 Å². The third kappa shape index (κ3) is 5.44. The number of hydrogen-bond donors (Lipinski definition) is 0. The topological polar surface area (TPSA) is 0 Å². The minimum absolute atomic E-state index is 0. The molecule has 0 atom stereocenters. The van der Waals surface area contributed by atoms with Gasteiger partial charge in [-0.2, -0.15) is 12.1 Å². The third-order valence-corrected chi connectivity index (χ3v) is 10.1. The Morgan fingerprint density at radius 1 is 0.512 bits per heavy atom. The van der Waals surface area contributed by atoms with Crippen molar-refractivity contribution >= 4 is 21.5 Å². The van der Waals surface area contributed by atoms with Crippen LogP contribution in [0.3, 0.4) is 0 Å². The first-order chi connectivity index (χ1) is 19.5. The summed E-state index contributed by atoms with van der Waals surface area (Å²) < 4.78 is 0. The average molecular weight is 727 g/mol. The summed E-state index contributed by atoms with van der Waals surface area (Å²) in [4.78, 5) is 0. The van der Waals surface area contributed by atoms with Crippen molar-refractivity contribution in [3.05, 3.63) is 145 Å². The number of rotatable bonds is 4. The third-order valence-electron chi connectivity index (χ3n) is 10.1. The van der Waals surface area contributed by atoms with E-state index < -0.39 is 0 Å². The SMILES string of the molecule is Cc1cccc(-c2cccc3[cH-]c(C4(c5cc6c(-c7cccc(C)c7C)cccc6[cH-]5)CCCCC4)cc23)c1C.[CH3-].[CH3-].[Hf+4]. The molecule has 6 aromatic rings. The number of fused-ring (bicyclic) bond motifs is 2. The van der Waals surface area contributed by atoms with E-state index in [4.69, 9.17) is 0 Å². The normalized spacial score (nSPS) is 14.1. The van der Waals surface area contributed by atoms with Crippen LogP contribution in [0.2, 0.25) is 0 Å². The van der Waals surface area contributed by atoms with Gasteiger partial charge in [0.2, 0.25) is 0 Å². The summed E-state index contributed by atoms with van der Waals surface area (Å²) in [5.74, 6) is 0. The Balaban J connectivity index is 0.00000141. The Morgan fingerprint density at radius 2 is 0.907 bits per heavy atom. The van der Waals surface area contributed by atoms with Crippen LogP contribution in [-0.2, 0) is 31.3 Å². The second kappa shape index (κ2) is 12.9. The second-order valence-electron chi connectivity index (χ2n) is 12.2. The molecule has 0 saturated heterocycles. The molecule has 1 fully saturated rings. The molecule has 216 valence electrons. The average Bonchev–Trinajstić information content (AvgIpc) is 3.62. The minimum Gasteiger partial charge on any atom is -0.358 e. The van der Waals surface area contributed by atoms with Crippen LogP contribution in [-0.4, -0.2) is 0 Å². The van der Waals surface area contributed by atoms with Crippen molar-refractivity contribution in [2.75, 3.05) is 0 Å². The van der Waals surface area contributed by atoms with Crippen LogP contribution in [0.4, 0.5) is 0 Å². The molecular weight excluding hydrogens is 683 g/mol. The van der Waals surface area contributed by atoms with Crippen molar-refractivity contribution in [2.45, 2.75) is 65.2 Å². The van der Waals surface area contributed by atoms with Gasteiger partial charge >= 0.3 is 25.8 Å². The van der Waals surface area contributed by atoms with Gasteiger partial charge in [0.1, 0.15) is 0 Å². The molecule has 0 bridgehead atoms. The second-order valence-corrected chi connectivity index (χ2v) is 12.2. The molecule has 1 heteroatoms. The predicted octanol–water partition coefficient (Wildman–Crippen LogP) is 12.1. The van der Waals surface area contributed by atoms with E-state index in [1.807, 2.05) is 0 Å². The fourth-order valence-corrected chi connectivity index (χ4v) is 7.48. The maximum atomic E-state index is 2.54. The van der Waals surface area contributed by atoms with E-state index in [1.54, 1.807) is 0 Å². The van der Waals surface area contributed by atoms with Crippen LogP contribution < -0.4 is 0 Å². The summed E-state index contributed by atoms with van der Waals surface area (Å²) in [5, 5.41) is 5.52. The van der Waals surface area contributed by atoms with Crippen molar-refractivity contribution in [3.8, 4) is 22.3 Å². The first kappa shape index (κ1) is 32.9. The molecule has 0 aromatic heterocycles. The fraction of sp³-hybridized carbons (Fsp3) is 0.238. The van der Waals surface area contributed by atoms with Gasteiger partial charge < -0.3 is 14.9 Å². The van der Waals surface area contributed by atoms with Gasteiger partial charge in [-0.1, -0.05) is 78.9 Å². The van der Waals surface area contributed by atoms with Crippen LogP contribution in [0.25, 0.3) is 43.8 Å². The van der Waals surface area contributed by atoms with Crippen LogP contribution in [0.1, 0.15) is 65.5 Å². The standard InChI is InChI=1S/C40H38.2CH3.Hf/c1-26-12-8-16-34(28(26)3)36-18-10-14-30-22-32(24-38(30)36)40(20-6-5-7-21-40)33-23-31-15-11-19-37(39(31)25-33)35-17-9-13-27(2)29(35)4;;;/h8-19,22-25H,5-7,20-21H2,1-4H3;2*1H3;/q-2;2*-1;+4. The van der Waals surface area contributed by atoms with Gasteiger partial charge in [0, 0.05) is 0 Å². The number of hydrogen-bond acceptors (Lipinski definition) is 0. The molecule has 1 aliphatic rings. The van der Waals surface area contributed by atoms with Crippen LogP contribution in [0.5, 0.6) is 0 Å². The molecule has 0 N–H and O–H groups in total. The van der Waals surface area contributed by atoms with E-state index >= 15 is 0 Å². The van der Waals surface area contributed by atoms with Crippen molar-refractivity contribution < 1.29 is 25.8 Å². The monoisotopic (exact) mass is 728 g/mol. The van der Waals surface area contributed by atoms with E-state index in [-0.39, 0.29) is 46.1 Å². The Morgan fingerprint density at radius 3 is 1.35 bits per heavy atom. The molecule has 0 aliphatic heterocycles. The maximum absolute atomic E-state index is 2.54. The van der Waals surface area contributed by atoms with E-state index in [2.05, 4.69) is 125 Å². The van der Waals surface area contributed by atoms with Gasteiger partial charge in [0.25, 0.3) is 0 Å². The van der Waals surface area contributed by atoms with Crippen LogP contribution >= 0.6 is 0 Å². The maximum Gasteiger partial charge on any atom is 4.00 e. The summed E-state index contributed by atoms with van der Waals surface area (Å²) in [7, 11) is 0. The molecule has 0 spiro atoms. The Bertz CT molecular complexity index is 1740. The summed E-state index contributed by atoms with van der Waals surface area (Å²) in [6, 6.07) is 37.3. The Kier molecular flexibility index (Phi) is 9.87. The molecule has 0 nitrogen and oxygen atoms in total. The fourth-order valence-electron chi connectivity index (χ4n) is 7.48. The summed E-state index contributed by atoms with van der Waals surface area (Å²) >= 11 is 0. The molecule has 1 saturated carbocycles. The van der Waals surface area contributed by atoms with Crippen LogP contribution in [0.15, 0.2) is 97.1 Å². The van der Waals surface area contributed by atoms with Crippen molar-refractivity contribution in [1.29, 1.82) is 0 Å². The van der Waals surface area contributed by atoms with Gasteiger partial charge in [-0.25, -0.2) is 0 Å². The quantitative estimate of drug-likeness (QED) is 0.125. The molecule has 0 amide bonds. The van der Waals surface area contributed by atoms with Crippen molar-refractivity contribution in [3.63, 3.8) is 0 Å². The first-order valence-corrected chi connectivity index (χ1v) is 15.0. The zero-order valence-electron chi connectivity index (χ0n) is 26.8. The van der Waals surface area contributed by atoms with E-state index in [1.165, 1.54) is 109 Å². The molecule has 0 unspecified atom stereocenters. The van der Waals surface area contributed by atoms with E-state index in [0.717, 1.165) is 0 Å². The zero-order valence-corrected chi connectivity index (χ0v) is 30.4. The van der Waals surface area contributed by atoms with Gasteiger partial charge in [-0.3, -0.25) is 0 Å². The molecule has 0 radical (unpaired) electrons. The first-order valence-electron chi connectivity index (χ1n) is 15.0. The van der Waals surface area contributed by atoms with Gasteiger partial charge in [-0.05, 0) is 79.3 Å². The summed E-state index contributed by atoms with van der Waals surface area (Å²) in [5.41, 5.74) is 14.0. The van der Waals surface area contributed by atoms with Gasteiger partial charge in [-0.15, -0.1) is 69.1 Å². The molecule has 0 heterocycles. The van der Waals surface area contributed by atoms with Crippen molar-refractivity contribution in [2.24, 2.45) is 0 Å². The van der Waals surface area contributed by atoms with E-state index in [9.17, 15) is 0 Å². The smallest absolute Gasteiger partial charge is 0.358 e. The van der Waals surface area contributed by atoms with E-state index in [0.29, 0.717) is 0 Å². The minimum atomic E-state index is 0. The Labute approximate surface area is 278 Å². The summed E-state index contributed by atoms with van der Waals surface area (Å²) in [6.45, 7) is 8.97. The molecule has 1 aliphatic carbocycles. The molecule has 7 rings (SSSR count). The zero-order chi connectivity index (χ0) is 27.4. The predicted molar refractivity (Wildman–Crippen MR) is 186 cm³/mol. The molecule has 6 aromatic carbocycles. The number of benzene rings is 4. The largest absolute Gasteiger partial charge is 4.00 e. The molecular formula is C42H44Hf. The number of aryl methyl sites for hydroxylation is 2. The van der Waals surface area contributed by atoms with Gasteiger partial charge in [0.15, 0.2) is 0 Å². The molecule has 43 heavy (non-hydrogen) atoms.